The zero-order valence-electron chi connectivity index (χ0n) is 14.5. The molecule has 1 N–H and O–H groups in total. The van der Waals surface area contributed by atoms with Crippen molar-refractivity contribution in [2.45, 2.75) is 32.1 Å². The number of fused-ring (bicyclic) bond motifs is 1. The fourth-order valence-corrected chi connectivity index (χ4v) is 3.64. The highest BCUT2D eigenvalue weighted by atomic mass is 19.1. The molecule has 0 saturated heterocycles. The largest absolute Gasteiger partial charge is 0.352 e. The Morgan fingerprint density at radius 1 is 1.12 bits per heavy atom. The molecular weight excluding hydrogens is 331 g/mol. The average molecular weight is 352 g/mol. The molecule has 1 aromatic carbocycles. The van der Waals surface area contributed by atoms with Crippen LogP contribution in [0.1, 0.15) is 42.5 Å². The van der Waals surface area contributed by atoms with Gasteiger partial charge < -0.3 is 5.32 Å². The van der Waals surface area contributed by atoms with Crippen molar-refractivity contribution < 1.29 is 9.18 Å². The molecule has 2 heterocycles. The molecule has 1 amide bonds. The molecule has 1 aliphatic rings. The zero-order valence-corrected chi connectivity index (χ0v) is 14.5. The first-order chi connectivity index (χ1) is 12.7. The number of rotatable bonds is 4. The summed E-state index contributed by atoms with van der Waals surface area (Å²) in [6, 6.07) is 9.91. The summed E-state index contributed by atoms with van der Waals surface area (Å²) < 4.78 is 15.8. The number of pyridine rings is 1. The number of benzene rings is 1. The van der Waals surface area contributed by atoms with Crippen molar-refractivity contribution in [3.63, 3.8) is 0 Å². The molecule has 26 heavy (non-hydrogen) atoms. The first kappa shape index (κ1) is 16.7. The van der Waals surface area contributed by atoms with Gasteiger partial charge in [-0.3, -0.25) is 9.20 Å². The van der Waals surface area contributed by atoms with Crippen molar-refractivity contribution in [2.24, 2.45) is 5.92 Å². The topological polar surface area (TPSA) is 59.3 Å². The van der Waals surface area contributed by atoms with Crippen LogP contribution in [0.15, 0.2) is 42.6 Å². The smallest absolute Gasteiger partial charge is 0.255 e. The summed E-state index contributed by atoms with van der Waals surface area (Å²) in [5.41, 5.74) is 1.25. The van der Waals surface area contributed by atoms with E-state index in [2.05, 4.69) is 15.5 Å². The van der Waals surface area contributed by atoms with Crippen LogP contribution in [0.4, 0.5) is 4.39 Å². The van der Waals surface area contributed by atoms with E-state index in [-0.39, 0.29) is 11.7 Å². The zero-order chi connectivity index (χ0) is 17.9. The number of halogens is 1. The van der Waals surface area contributed by atoms with Crippen LogP contribution in [0.3, 0.4) is 0 Å². The van der Waals surface area contributed by atoms with Crippen molar-refractivity contribution in [1.82, 2.24) is 19.9 Å². The van der Waals surface area contributed by atoms with Gasteiger partial charge in [0.2, 0.25) is 0 Å². The van der Waals surface area contributed by atoms with E-state index in [1.54, 1.807) is 40.9 Å². The second-order valence-corrected chi connectivity index (χ2v) is 6.83. The van der Waals surface area contributed by atoms with Crippen molar-refractivity contribution in [2.75, 3.05) is 6.54 Å². The number of carbonyl (C=O) groups excluding carboxylic acids is 1. The number of nitrogens with one attached hydrogen (secondary N) is 1. The van der Waals surface area contributed by atoms with Gasteiger partial charge in [0.05, 0.1) is 11.1 Å². The highest BCUT2D eigenvalue weighted by Crippen LogP contribution is 2.24. The summed E-state index contributed by atoms with van der Waals surface area (Å²) in [6.07, 6.45) is 7.87. The Hall–Kier alpha value is -2.76. The number of aromatic nitrogens is 3. The number of hydrogen-bond donors (Lipinski definition) is 1. The van der Waals surface area contributed by atoms with E-state index in [1.165, 1.54) is 38.2 Å². The van der Waals surface area contributed by atoms with Gasteiger partial charge >= 0.3 is 0 Å². The molecule has 1 fully saturated rings. The second kappa shape index (κ2) is 7.23. The minimum Gasteiger partial charge on any atom is -0.352 e. The standard InChI is InChI=1S/C20H21FN4O/c21-17-11-5-4-9-15(17)18-23-24-19-16(10-6-12-25(18)19)20(26)22-13-14-7-2-1-3-8-14/h4-6,9-12,14H,1-3,7-8,13H2,(H,22,26). The first-order valence-corrected chi connectivity index (χ1v) is 9.11. The van der Waals surface area contributed by atoms with E-state index in [4.69, 9.17) is 0 Å². The van der Waals surface area contributed by atoms with Crippen LogP contribution >= 0.6 is 0 Å². The Morgan fingerprint density at radius 3 is 2.73 bits per heavy atom. The molecule has 1 saturated carbocycles. The third-order valence-electron chi connectivity index (χ3n) is 5.07. The van der Waals surface area contributed by atoms with Gasteiger partial charge in [0, 0.05) is 12.7 Å². The Morgan fingerprint density at radius 2 is 1.92 bits per heavy atom. The Kier molecular flexibility index (Phi) is 4.65. The first-order valence-electron chi connectivity index (χ1n) is 9.11. The normalized spacial score (nSPS) is 15.3. The number of carbonyl (C=O) groups is 1. The lowest BCUT2D eigenvalue weighted by Gasteiger charge is -2.21. The van der Waals surface area contributed by atoms with Crippen LogP contribution in [0, 0.1) is 11.7 Å². The van der Waals surface area contributed by atoms with Crippen LogP contribution in [-0.2, 0) is 0 Å². The summed E-state index contributed by atoms with van der Waals surface area (Å²) in [7, 11) is 0. The molecular formula is C20H21FN4O. The fourth-order valence-electron chi connectivity index (χ4n) is 3.64. The number of hydrogen-bond acceptors (Lipinski definition) is 3. The molecule has 3 aromatic rings. The highest BCUT2D eigenvalue weighted by molar-refractivity contribution is 6.00. The van der Waals surface area contributed by atoms with Crippen molar-refractivity contribution >= 4 is 11.6 Å². The molecule has 5 nitrogen and oxygen atoms in total. The van der Waals surface area contributed by atoms with E-state index in [9.17, 15) is 9.18 Å². The summed E-state index contributed by atoms with van der Waals surface area (Å²) in [5.74, 6) is 0.418. The molecule has 0 bridgehead atoms. The Balaban J connectivity index is 1.60. The van der Waals surface area contributed by atoms with Gasteiger partial charge in [0.1, 0.15) is 5.82 Å². The SMILES string of the molecule is O=C(NCC1CCCCC1)c1cccn2c(-c3ccccc3F)nnc12. The van der Waals surface area contributed by atoms with E-state index in [0.29, 0.717) is 35.1 Å². The van der Waals surface area contributed by atoms with Crippen LogP contribution < -0.4 is 5.32 Å². The van der Waals surface area contributed by atoms with Crippen LogP contribution in [-0.4, -0.2) is 27.0 Å². The van der Waals surface area contributed by atoms with Crippen molar-refractivity contribution in [3.05, 3.63) is 54.0 Å². The average Bonchev–Trinajstić information content (AvgIpc) is 3.11. The number of amides is 1. The maximum atomic E-state index is 14.1. The Bertz CT molecular complexity index is 930. The van der Waals surface area contributed by atoms with Gasteiger partial charge in [-0.1, -0.05) is 31.4 Å². The van der Waals surface area contributed by atoms with Crippen molar-refractivity contribution in [1.29, 1.82) is 0 Å². The molecule has 0 unspecified atom stereocenters. The predicted octanol–water partition coefficient (Wildman–Crippen LogP) is 3.85. The maximum Gasteiger partial charge on any atom is 0.255 e. The van der Waals surface area contributed by atoms with E-state index in [1.807, 2.05) is 0 Å². The van der Waals surface area contributed by atoms with Crippen LogP contribution in [0.5, 0.6) is 0 Å². The molecule has 0 aliphatic heterocycles. The molecule has 0 spiro atoms. The molecule has 4 rings (SSSR count). The number of nitrogens with zero attached hydrogens (tertiary/aromatic N) is 3. The van der Waals surface area contributed by atoms with Crippen LogP contribution in [0.2, 0.25) is 0 Å². The molecule has 6 heteroatoms. The molecule has 0 radical (unpaired) electrons. The quantitative estimate of drug-likeness (QED) is 0.776. The lowest BCUT2D eigenvalue weighted by molar-refractivity contribution is 0.0944. The minimum absolute atomic E-state index is 0.159. The summed E-state index contributed by atoms with van der Waals surface area (Å²) in [6.45, 7) is 0.689. The maximum absolute atomic E-state index is 14.1. The highest BCUT2D eigenvalue weighted by Gasteiger charge is 2.19. The van der Waals surface area contributed by atoms with E-state index < -0.39 is 0 Å². The molecule has 1 aliphatic carbocycles. The van der Waals surface area contributed by atoms with Gasteiger partial charge in [0.25, 0.3) is 5.91 Å². The molecule has 134 valence electrons. The summed E-state index contributed by atoms with van der Waals surface area (Å²) in [5, 5.41) is 11.3. The lowest BCUT2D eigenvalue weighted by atomic mass is 9.89. The monoisotopic (exact) mass is 352 g/mol. The summed E-state index contributed by atoms with van der Waals surface area (Å²) >= 11 is 0. The van der Waals surface area contributed by atoms with Crippen molar-refractivity contribution in [3.8, 4) is 11.4 Å². The predicted molar refractivity (Wildman–Crippen MR) is 97.3 cm³/mol. The summed E-state index contributed by atoms with van der Waals surface area (Å²) in [4.78, 5) is 12.6. The lowest BCUT2D eigenvalue weighted by Crippen LogP contribution is -2.30. The third kappa shape index (κ3) is 3.19. The van der Waals surface area contributed by atoms with Gasteiger partial charge in [-0.25, -0.2) is 4.39 Å². The third-order valence-corrected chi connectivity index (χ3v) is 5.07. The van der Waals surface area contributed by atoms with Crippen LogP contribution in [0.25, 0.3) is 17.0 Å². The van der Waals surface area contributed by atoms with Gasteiger partial charge in [-0.15, -0.1) is 10.2 Å². The molecule has 0 atom stereocenters. The molecule has 2 aromatic heterocycles. The van der Waals surface area contributed by atoms with Gasteiger partial charge in [-0.2, -0.15) is 0 Å². The Labute approximate surface area is 151 Å². The second-order valence-electron chi connectivity index (χ2n) is 6.83. The van der Waals surface area contributed by atoms with Gasteiger partial charge in [-0.05, 0) is 43.0 Å². The minimum atomic E-state index is -0.367. The van der Waals surface area contributed by atoms with E-state index in [0.717, 1.165) is 0 Å². The fraction of sp³-hybridized carbons (Fsp3) is 0.350. The van der Waals surface area contributed by atoms with E-state index >= 15 is 0 Å². The van der Waals surface area contributed by atoms with Gasteiger partial charge in [0.15, 0.2) is 11.5 Å².